The van der Waals surface area contributed by atoms with E-state index in [0.717, 1.165) is 0 Å². The number of nitrogens with one attached hydrogen (secondary N) is 2. The summed E-state index contributed by atoms with van der Waals surface area (Å²) < 4.78 is 71.4. The van der Waals surface area contributed by atoms with E-state index in [2.05, 4.69) is 15.6 Å². The molecule has 5 rings (SSSR count). The van der Waals surface area contributed by atoms with E-state index < -0.39 is 53.0 Å². The van der Waals surface area contributed by atoms with Crippen LogP contribution in [0.4, 0.5) is 27.6 Å². The smallest absolute Gasteiger partial charge is 0.412 e. The number of carbonyl (C=O) groups excluding carboxylic acids is 1. The van der Waals surface area contributed by atoms with E-state index in [0.29, 0.717) is 50.3 Å². The van der Waals surface area contributed by atoms with Crippen molar-refractivity contribution in [2.75, 3.05) is 5.32 Å². The van der Waals surface area contributed by atoms with Crippen molar-refractivity contribution in [3.05, 3.63) is 130 Å². The molecule has 238 valence electrons. The van der Waals surface area contributed by atoms with Crippen LogP contribution in [0, 0.1) is 23.0 Å². The molecule has 2 unspecified atom stereocenters. The van der Waals surface area contributed by atoms with E-state index in [-0.39, 0.29) is 12.0 Å². The predicted molar refractivity (Wildman–Crippen MR) is 165 cm³/mol. The van der Waals surface area contributed by atoms with E-state index in [1.807, 2.05) is 6.07 Å². The predicted octanol–water partition coefficient (Wildman–Crippen LogP) is 7.85. The van der Waals surface area contributed by atoms with Crippen molar-refractivity contribution in [1.82, 2.24) is 10.3 Å². The van der Waals surface area contributed by atoms with Gasteiger partial charge in [0.1, 0.15) is 29.3 Å². The fourth-order valence-electron chi connectivity index (χ4n) is 5.12. The molecule has 47 heavy (non-hydrogen) atoms. The monoisotopic (exact) mass is 664 g/mol. The molecular weight excluding hydrogens is 643 g/mol. The molecule has 1 aromatic heterocycles. The average molecular weight is 665 g/mol. The summed E-state index contributed by atoms with van der Waals surface area (Å²) in [4.78, 5) is 29.6. The van der Waals surface area contributed by atoms with Gasteiger partial charge in [0, 0.05) is 39.8 Å². The molecule has 7 nitrogen and oxygen atoms in total. The zero-order valence-corrected chi connectivity index (χ0v) is 24.7. The first-order valence-electron chi connectivity index (χ1n) is 13.8. The van der Waals surface area contributed by atoms with Crippen molar-refractivity contribution in [3.8, 4) is 17.2 Å². The summed E-state index contributed by atoms with van der Waals surface area (Å²) >= 11 is 6.41. The van der Waals surface area contributed by atoms with Gasteiger partial charge in [0.05, 0.1) is 17.1 Å². The van der Waals surface area contributed by atoms with Gasteiger partial charge in [0.15, 0.2) is 0 Å². The molecule has 0 saturated carbocycles. The Morgan fingerprint density at radius 1 is 0.936 bits per heavy atom. The van der Waals surface area contributed by atoms with Gasteiger partial charge in [-0.05, 0) is 41.5 Å². The number of carbonyl (C=O) groups is 2. The molecule has 5 aromatic rings. The SMILES string of the molecule is N#Cc1ccc(-c2ccc(CC(NC(=O)c3c(F)cc(NC(c4ccccc4)C(F)(F)F)cc3F)C(=O)O)c3cccnc23)c(Cl)c1. The van der Waals surface area contributed by atoms with Crippen LogP contribution in [-0.4, -0.2) is 34.2 Å². The van der Waals surface area contributed by atoms with Crippen LogP contribution in [0.1, 0.15) is 33.1 Å². The minimum absolute atomic E-state index is 0.206. The van der Waals surface area contributed by atoms with E-state index >= 15 is 8.78 Å². The standard InChI is InChI=1S/C34H22ClF5N4O3/c35-25-13-18(17-41)8-10-23(25)24-11-9-20(22-7-4-12-42-30(22)24)14-28(33(46)47)44-32(45)29-26(36)15-21(16-27(29)37)43-31(34(38,39)40)19-5-2-1-3-6-19/h1-13,15-16,28,31,43H,14H2,(H,44,45)(H,46,47). The molecule has 4 aromatic carbocycles. The number of hydrogen-bond acceptors (Lipinski definition) is 5. The van der Waals surface area contributed by atoms with Crippen LogP contribution in [0.25, 0.3) is 22.0 Å². The molecule has 2 atom stereocenters. The summed E-state index contributed by atoms with van der Waals surface area (Å²) in [5.74, 6) is -5.93. The highest BCUT2D eigenvalue weighted by Crippen LogP contribution is 2.37. The second-order valence-corrected chi connectivity index (χ2v) is 10.8. The van der Waals surface area contributed by atoms with Crippen LogP contribution in [0.2, 0.25) is 5.02 Å². The molecular formula is C34H22ClF5N4O3. The number of anilines is 1. The molecule has 0 bridgehead atoms. The zero-order chi connectivity index (χ0) is 33.9. The maximum atomic E-state index is 15.1. The van der Waals surface area contributed by atoms with Crippen molar-refractivity contribution in [1.29, 1.82) is 5.26 Å². The lowest BCUT2D eigenvalue weighted by atomic mass is 9.94. The first kappa shape index (κ1) is 32.8. The van der Waals surface area contributed by atoms with Gasteiger partial charge in [-0.15, -0.1) is 0 Å². The first-order chi connectivity index (χ1) is 22.4. The number of nitrogens with zero attached hydrogens (tertiary/aromatic N) is 2. The number of hydrogen-bond donors (Lipinski definition) is 3. The van der Waals surface area contributed by atoms with Crippen LogP contribution in [0.5, 0.6) is 0 Å². The lowest BCUT2D eigenvalue weighted by Gasteiger charge is -2.23. The molecule has 3 N–H and O–H groups in total. The number of carboxylic acids is 1. The van der Waals surface area contributed by atoms with E-state index in [1.165, 1.54) is 42.6 Å². The van der Waals surface area contributed by atoms with Crippen LogP contribution in [-0.2, 0) is 11.2 Å². The fourth-order valence-corrected chi connectivity index (χ4v) is 5.40. The Kier molecular flexibility index (Phi) is 9.39. The molecule has 13 heteroatoms. The maximum Gasteiger partial charge on any atom is 0.412 e. The average Bonchev–Trinajstić information content (AvgIpc) is 3.03. The second kappa shape index (κ2) is 13.4. The third-order valence-corrected chi connectivity index (χ3v) is 7.63. The van der Waals surface area contributed by atoms with Crippen molar-refractivity contribution in [3.63, 3.8) is 0 Å². The molecule has 0 aliphatic heterocycles. The lowest BCUT2D eigenvalue weighted by molar-refractivity contribution is -0.144. The summed E-state index contributed by atoms with van der Waals surface area (Å²) in [7, 11) is 0. The van der Waals surface area contributed by atoms with Crippen molar-refractivity contribution in [2.45, 2.75) is 24.7 Å². The topological polar surface area (TPSA) is 115 Å². The number of carboxylic acid groups (broad SMARTS) is 1. The number of nitriles is 1. The van der Waals surface area contributed by atoms with Gasteiger partial charge in [0.25, 0.3) is 5.91 Å². The molecule has 1 heterocycles. The second-order valence-electron chi connectivity index (χ2n) is 10.4. The molecule has 1 amide bonds. The van der Waals surface area contributed by atoms with Gasteiger partial charge in [0.2, 0.25) is 0 Å². The largest absolute Gasteiger partial charge is 0.480 e. The Balaban J connectivity index is 1.41. The lowest BCUT2D eigenvalue weighted by Crippen LogP contribution is -2.43. The third kappa shape index (κ3) is 7.15. The quantitative estimate of drug-likeness (QED) is 0.138. The van der Waals surface area contributed by atoms with Gasteiger partial charge < -0.3 is 15.7 Å². The number of halogens is 6. The number of alkyl halides is 3. The van der Waals surface area contributed by atoms with Crippen LogP contribution in [0.3, 0.4) is 0 Å². The van der Waals surface area contributed by atoms with Gasteiger partial charge in [-0.25, -0.2) is 13.6 Å². The number of fused-ring (bicyclic) bond motifs is 1. The third-order valence-electron chi connectivity index (χ3n) is 7.32. The number of aromatic nitrogens is 1. The molecule has 0 saturated heterocycles. The van der Waals surface area contributed by atoms with Crippen molar-refractivity contribution < 1.29 is 36.6 Å². The summed E-state index contributed by atoms with van der Waals surface area (Å²) in [6, 6.07) is 17.0. The first-order valence-corrected chi connectivity index (χ1v) is 14.2. The Morgan fingerprint density at radius 2 is 1.62 bits per heavy atom. The minimum Gasteiger partial charge on any atom is -0.480 e. The Hall–Kier alpha value is -5.54. The van der Waals surface area contributed by atoms with E-state index in [9.17, 15) is 27.9 Å². The van der Waals surface area contributed by atoms with Gasteiger partial charge >= 0.3 is 12.1 Å². The molecule has 0 aliphatic carbocycles. The highest BCUT2D eigenvalue weighted by Gasteiger charge is 2.41. The summed E-state index contributed by atoms with van der Waals surface area (Å²) in [5.41, 5.74) is 0.424. The Labute approximate surface area is 269 Å². The Morgan fingerprint density at radius 3 is 2.23 bits per heavy atom. The maximum absolute atomic E-state index is 15.1. The van der Waals surface area contributed by atoms with E-state index in [1.54, 1.807) is 36.4 Å². The minimum atomic E-state index is -4.83. The fraction of sp³-hybridized carbons (Fsp3) is 0.118. The number of pyridine rings is 1. The van der Waals surface area contributed by atoms with Gasteiger partial charge in [-0.3, -0.25) is 9.78 Å². The number of amides is 1. The van der Waals surface area contributed by atoms with Crippen LogP contribution < -0.4 is 10.6 Å². The number of rotatable bonds is 9. The zero-order valence-electron chi connectivity index (χ0n) is 23.9. The number of aliphatic carboxylic acids is 1. The highest BCUT2D eigenvalue weighted by atomic mass is 35.5. The van der Waals surface area contributed by atoms with Crippen LogP contribution >= 0.6 is 11.6 Å². The molecule has 0 spiro atoms. The van der Waals surface area contributed by atoms with E-state index in [4.69, 9.17) is 16.9 Å². The summed E-state index contributed by atoms with van der Waals surface area (Å²) in [6.45, 7) is 0. The van der Waals surface area contributed by atoms with Crippen LogP contribution in [0.15, 0.2) is 91.1 Å². The molecule has 0 fully saturated rings. The Bertz CT molecular complexity index is 2010. The van der Waals surface area contributed by atoms with Crippen molar-refractivity contribution in [2.24, 2.45) is 0 Å². The normalized spacial score (nSPS) is 12.6. The molecule has 0 radical (unpaired) electrons. The number of benzene rings is 4. The van der Waals surface area contributed by atoms with Gasteiger partial charge in [-0.1, -0.05) is 66.2 Å². The highest BCUT2D eigenvalue weighted by molar-refractivity contribution is 6.33. The molecule has 0 aliphatic rings. The summed E-state index contributed by atoms with van der Waals surface area (Å²) in [5, 5.41) is 24.0. The van der Waals surface area contributed by atoms with Crippen molar-refractivity contribution >= 4 is 40.1 Å². The summed E-state index contributed by atoms with van der Waals surface area (Å²) in [6.07, 6.45) is -3.63. The van der Waals surface area contributed by atoms with Gasteiger partial charge in [-0.2, -0.15) is 18.4 Å².